The van der Waals surface area contributed by atoms with E-state index >= 15 is 0 Å². The number of aryl methyl sites for hydroxylation is 1. The summed E-state index contributed by atoms with van der Waals surface area (Å²) in [4.78, 5) is 13.0. The monoisotopic (exact) mass is 472 g/mol. The molecule has 0 spiro atoms. The van der Waals surface area contributed by atoms with E-state index in [0.717, 1.165) is 15.6 Å². The first-order valence-corrected chi connectivity index (χ1v) is 11.3. The van der Waals surface area contributed by atoms with Gasteiger partial charge in [-0.05, 0) is 55.3 Å². The van der Waals surface area contributed by atoms with E-state index in [1.54, 1.807) is 36.4 Å². The Kier molecular flexibility index (Phi) is 6.84. The third-order valence-electron chi connectivity index (χ3n) is 4.34. The lowest BCUT2D eigenvalue weighted by atomic mass is 10.1. The van der Waals surface area contributed by atoms with E-state index in [1.165, 1.54) is 12.1 Å². The minimum atomic E-state index is -3.86. The summed E-state index contributed by atoms with van der Waals surface area (Å²) >= 11 is 3.35. The molecule has 0 saturated carbocycles. The standard InChI is InChI=1S/C22H21BrN2O3S/c1-16-7-13-20(14-8-16)29(27,28)25-21(15-17-5-3-2-4-6-17)22(26)24-19-11-9-18(23)10-12-19/h2-14,21,25H,15H2,1H3,(H,24,26). The molecule has 2 N–H and O–H groups in total. The summed E-state index contributed by atoms with van der Waals surface area (Å²) in [5.41, 5.74) is 2.40. The Bertz CT molecular complexity index is 1070. The number of amides is 1. The van der Waals surface area contributed by atoms with Gasteiger partial charge in [0.2, 0.25) is 15.9 Å². The van der Waals surface area contributed by atoms with E-state index in [0.29, 0.717) is 5.69 Å². The van der Waals surface area contributed by atoms with Crippen molar-refractivity contribution in [3.05, 3.63) is 94.5 Å². The Hall–Kier alpha value is -2.48. The molecule has 3 rings (SSSR count). The maximum Gasteiger partial charge on any atom is 0.242 e. The zero-order chi connectivity index (χ0) is 20.9. The molecule has 0 aliphatic carbocycles. The minimum Gasteiger partial charge on any atom is -0.325 e. The molecule has 7 heteroatoms. The molecule has 0 aromatic heterocycles. The lowest BCUT2D eigenvalue weighted by Gasteiger charge is -2.19. The lowest BCUT2D eigenvalue weighted by Crippen LogP contribution is -2.45. The van der Waals surface area contributed by atoms with Crippen LogP contribution in [0.1, 0.15) is 11.1 Å². The van der Waals surface area contributed by atoms with Gasteiger partial charge in [-0.1, -0.05) is 64.0 Å². The van der Waals surface area contributed by atoms with E-state index < -0.39 is 22.0 Å². The second kappa shape index (κ2) is 9.35. The second-order valence-corrected chi connectivity index (χ2v) is 9.30. The normalized spacial score (nSPS) is 12.3. The predicted molar refractivity (Wildman–Crippen MR) is 118 cm³/mol. The van der Waals surface area contributed by atoms with Crippen molar-refractivity contribution in [2.75, 3.05) is 5.32 Å². The molecule has 1 unspecified atom stereocenters. The molecule has 3 aromatic carbocycles. The van der Waals surface area contributed by atoms with Crippen molar-refractivity contribution in [2.45, 2.75) is 24.3 Å². The number of benzene rings is 3. The van der Waals surface area contributed by atoms with Crippen molar-refractivity contribution in [3.8, 4) is 0 Å². The van der Waals surface area contributed by atoms with Crippen LogP contribution in [0.25, 0.3) is 0 Å². The molecular weight excluding hydrogens is 452 g/mol. The minimum absolute atomic E-state index is 0.123. The highest BCUT2D eigenvalue weighted by Gasteiger charge is 2.26. The molecular formula is C22H21BrN2O3S. The molecule has 1 amide bonds. The summed E-state index contributed by atoms with van der Waals surface area (Å²) < 4.78 is 29.1. The van der Waals surface area contributed by atoms with Crippen LogP contribution in [-0.2, 0) is 21.2 Å². The maximum atomic E-state index is 12.9. The molecule has 0 aliphatic heterocycles. The summed E-state index contributed by atoms with van der Waals surface area (Å²) in [6.45, 7) is 1.88. The fraction of sp³-hybridized carbons (Fsp3) is 0.136. The summed E-state index contributed by atoms with van der Waals surface area (Å²) in [6.07, 6.45) is 0.230. The zero-order valence-electron chi connectivity index (χ0n) is 15.8. The molecule has 29 heavy (non-hydrogen) atoms. The largest absolute Gasteiger partial charge is 0.325 e. The van der Waals surface area contributed by atoms with Gasteiger partial charge in [0, 0.05) is 10.2 Å². The molecule has 1 atom stereocenters. The molecule has 5 nitrogen and oxygen atoms in total. The number of hydrogen-bond acceptors (Lipinski definition) is 3. The Balaban J connectivity index is 1.84. The van der Waals surface area contributed by atoms with Crippen molar-refractivity contribution >= 4 is 37.5 Å². The molecule has 0 heterocycles. The van der Waals surface area contributed by atoms with Crippen LogP contribution in [0.4, 0.5) is 5.69 Å². The van der Waals surface area contributed by atoms with Crippen LogP contribution >= 0.6 is 15.9 Å². The number of hydrogen-bond donors (Lipinski definition) is 2. The zero-order valence-corrected chi connectivity index (χ0v) is 18.2. The lowest BCUT2D eigenvalue weighted by molar-refractivity contribution is -0.117. The Morgan fingerprint density at radius 1 is 0.931 bits per heavy atom. The number of sulfonamides is 1. The van der Waals surface area contributed by atoms with Gasteiger partial charge < -0.3 is 5.32 Å². The smallest absolute Gasteiger partial charge is 0.242 e. The Labute approximate surface area is 179 Å². The van der Waals surface area contributed by atoms with Crippen LogP contribution in [-0.4, -0.2) is 20.4 Å². The fourth-order valence-corrected chi connectivity index (χ4v) is 4.23. The molecule has 150 valence electrons. The first kappa shape index (κ1) is 21.2. The molecule has 3 aromatic rings. The summed E-state index contributed by atoms with van der Waals surface area (Å²) in [7, 11) is -3.86. The van der Waals surface area contributed by atoms with E-state index in [-0.39, 0.29) is 11.3 Å². The molecule has 0 aliphatic rings. The highest BCUT2D eigenvalue weighted by molar-refractivity contribution is 9.10. The van der Waals surface area contributed by atoms with Crippen molar-refractivity contribution in [3.63, 3.8) is 0 Å². The topological polar surface area (TPSA) is 75.3 Å². The van der Waals surface area contributed by atoms with Crippen molar-refractivity contribution in [2.24, 2.45) is 0 Å². The van der Waals surface area contributed by atoms with E-state index in [2.05, 4.69) is 26.0 Å². The van der Waals surface area contributed by atoms with Crippen LogP contribution in [0.2, 0.25) is 0 Å². The number of halogens is 1. The van der Waals surface area contributed by atoms with Crippen molar-refractivity contribution in [1.82, 2.24) is 4.72 Å². The van der Waals surface area contributed by atoms with Crippen LogP contribution in [0, 0.1) is 6.92 Å². The number of rotatable bonds is 7. The fourth-order valence-electron chi connectivity index (χ4n) is 2.77. The highest BCUT2D eigenvalue weighted by atomic mass is 79.9. The number of anilines is 1. The molecule has 0 saturated heterocycles. The maximum absolute atomic E-state index is 12.9. The Morgan fingerprint density at radius 2 is 1.55 bits per heavy atom. The van der Waals surface area contributed by atoms with Gasteiger partial charge in [0.05, 0.1) is 4.90 Å². The van der Waals surface area contributed by atoms with Gasteiger partial charge in [-0.3, -0.25) is 4.79 Å². The summed E-state index contributed by atoms with van der Waals surface area (Å²) in [6, 6.07) is 22.0. The van der Waals surface area contributed by atoms with Gasteiger partial charge in [-0.25, -0.2) is 8.42 Å². The van der Waals surface area contributed by atoms with Crippen LogP contribution < -0.4 is 10.0 Å². The number of nitrogens with one attached hydrogen (secondary N) is 2. The van der Waals surface area contributed by atoms with Gasteiger partial charge in [0.1, 0.15) is 6.04 Å². The summed E-state index contributed by atoms with van der Waals surface area (Å²) in [5.74, 6) is -0.424. The molecule has 0 fully saturated rings. The third kappa shape index (κ3) is 6.00. The van der Waals surface area contributed by atoms with E-state index in [4.69, 9.17) is 0 Å². The Morgan fingerprint density at radius 3 is 2.17 bits per heavy atom. The second-order valence-electron chi connectivity index (χ2n) is 6.67. The average Bonchev–Trinajstić information content (AvgIpc) is 2.70. The molecule has 0 bridgehead atoms. The van der Waals surface area contributed by atoms with Crippen LogP contribution in [0.5, 0.6) is 0 Å². The quantitative estimate of drug-likeness (QED) is 0.538. The highest BCUT2D eigenvalue weighted by Crippen LogP contribution is 2.16. The van der Waals surface area contributed by atoms with Crippen LogP contribution in [0.3, 0.4) is 0 Å². The van der Waals surface area contributed by atoms with Gasteiger partial charge in [0.25, 0.3) is 0 Å². The first-order valence-electron chi connectivity index (χ1n) is 9.03. The summed E-state index contributed by atoms with van der Waals surface area (Å²) in [5, 5.41) is 2.79. The van der Waals surface area contributed by atoms with Gasteiger partial charge >= 0.3 is 0 Å². The van der Waals surface area contributed by atoms with Gasteiger partial charge in [-0.2, -0.15) is 4.72 Å². The number of carbonyl (C=O) groups is 1. The third-order valence-corrected chi connectivity index (χ3v) is 6.36. The van der Waals surface area contributed by atoms with Crippen molar-refractivity contribution in [1.29, 1.82) is 0 Å². The van der Waals surface area contributed by atoms with Gasteiger partial charge in [0.15, 0.2) is 0 Å². The predicted octanol–water partition coefficient (Wildman–Crippen LogP) is 4.29. The van der Waals surface area contributed by atoms with E-state index in [1.807, 2.05) is 37.3 Å². The number of carbonyl (C=O) groups excluding carboxylic acids is 1. The van der Waals surface area contributed by atoms with Gasteiger partial charge in [-0.15, -0.1) is 0 Å². The molecule has 0 radical (unpaired) electrons. The first-order chi connectivity index (χ1) is 13.8. The SMILES string of the molecule is Cc1ccc(S(=O)(=O)NC(Cc2ccccc2)C(=O)Nc2ccc(Br)cc2)cc1. The van der Waals surface area contributed by atoms with Crippen LogP contribution in [0.15, 0.2) is 88.2 Å². The van der Waals surface area contributed by atoms with E-state index in [9.17, 15) is 13.2 Å². The van der Waals surface area contributed by atoms with Crippen molar-refractivity contribution < 1.29 is 13.2 Å². The average molecular weight is 473 g/mol.